The zero-order valence-corrected chi connectivity index (χ0v) is 19.9. The molecule has 0 amide bonds. The van der Waals surface area contributed by atoms with Crippen LogP contribution in [0.3, 0.4) is 0 Å². The van der Waals surface area contributed by atoms with Gasteiger partial charge < -0.3 is 24.7 Å². The van der Waals surface area contributed by atoms with Gasteiger partial charge in [0.05, 0.1) is 25.9 Å². The monoisotopic (exact) mass is 458 g/mol. The highest BCUT2D eigenvalue weighted by Gasteiger charge is 2.20. The van der Waals surface area contributed by atoms with Crippen molar-refractivity contribution in [3.8, 4) is 0 Å². The number of nitrogens with zero attached hydrogens (tertiary/aromatic N) is 2. The van der Waals surface area contributed by atoms with Gasteiger partial charge >= 0.3 is 0 Å². The second-order valence-electron chi connectivity index (χ2n) is 8.86. The highest BCUT2D eigenvalue weighted by molar-refractivity contribution is 7.80. The van der Waals surface area contributed by atoms with Crippen LogP contribution in [-0.4, -0.2) is 78.5 Å². The number of ether oxygens (including phenoxy) is 2. The summed E-state index contributed by atoms with van der Waals surface area (Å²) in [6.07, 6.45) is 2.38. The molecule has 32 heavy (non-hydrogen) atoms. The number of hydrogen-bond donors (Lipinski definition) is 2. The van der Waals surface area contributed by atoms with Crippen LogP contribution in [0.2, 0.25) is 0 Å². The number of hydrogen-bond acceptors (Lipinski definition) is 5. The van der Waals surface area contributed by atoms with Gasteiger partial charge in [0.1, 0.15) is 0 Å². The minimum absolute atomic E-state index is 0.0548. The molecular weight excluding hydrogens is 424 g/mol. The first kappa shape index (κ1) is 23.2. The van der Waals surface area contributed by atoms with E-state index < -0.39 is 0 Å². The van der Waals surface area contributed by atoms with Crippen molar-refractivity contribution in [2.24, 2.45) is 0 Å². The third kappa shape index (κ3) is 5.86. The molecule has 174 valence electrons. The van der Waals surface area contributed by atoms with Crippen LogP contribution in [-0.2, 0) is 16.0 Å². The Bertz CT molecular complexity index is 997. The fourth-order valence-corrected chi connectivity index (χ4v) is 4.74. The van der Waals surface area contributed by atoms with Gasteiger partial charge in [0.2, 0.25) is 0 Å². The Kier molecular flexibility index (Phi) is 7.78. The van der Waals surface area contributed by atoms with Gasteiger partial charge in [0.25, 0.3) is 5.56 Å². The molecule has 2 aromatic rings. The Morgan fingerprint density at radius 3 is 2.81 bits per heavy atom. The fraction of sp³-hybridized carbons (Fsp3) is 0.583. The van der Waals surface area contributed by atoms with Crippen LogP contribution in [0.25, 0.3) is 10.9 Å². The lowest BCUT2D eigenvalue weighted by atomic mass is 10.0. The molecule has 0 aliphatic carbocycles. The highest BCUT2D eigenvalue weighted by atomic mass is 32.1. The van der Waals surface area contributed by atoms with Crippen molar-refractivity contribution in [1.82, 2.24) is 20.1 Å². The Hall–Kier alpha value is -2.00. The van der Waals surface area contributed by atoms with Crippen molar-refractivity contribution in [2.75, 3.05) is 52.5 Å². The Morgan fingerprint density at radius 2 is 2.06 bits per heavy atom. The van der Waals surface area contributed by atoms with Gasteiger partial charge in [-0.05, 0) is 62.2 Å². The van der Waals surface area contributed by atoms with Crippen molar-refractivity contribution in [1.29, 1.82) is 0 Å². The second kappa shape index (κ2) is 10.7. The summed E-state index contributed by atoms with van der Waals surface area (Å²) in [7, 11) is 0. The standard InChI is InChI=1S/C24H34N4O3S/c1-17-12-18(2)21-14-19(23(29)26-22(21)13-17)16-28(6-5-27-7-10-30-11-8-27)24(32)25-15-20-4-3-9-31-20/h12-14,20H,3-11,15-16H2,1-2H3,(H,25,32)(H,26,29)/t20-/m1/s1. The molecule has 2 saturated heterocycles. The molecule has 0 saturated carbocycles. The first-order valence-electron chi connectivity index (χ1n) is 11.6. The minimum Gasteiger partial charge on any atom is -0.379 e. The molecule has 0 radical (unpaired) electrons. The lowest BCUT2D eigenvalue weighted by molar-refractivity contribution is 0.0356. The van der Waals surface area contributed by atoms with E-state index in [4.69, 9.17) is 21.7 Å². The summed E-state index contributed by atoms with van der Waals surface area (Å²) in [5, 5.41) is 5.14. The molecule has 4 rings (SSSR count). The highest BCUT2D eigenvalue weighted by Crippen LogP contribution is 2.19. The average Bonchev–Trinajstić information content (AvgIpc) is 3.30. The van der Waals surface area contributed by atoms with Gasteiger partial charge in [0, 0.05) is 55.8 Å². The first-order chi connectivity index (χ1) is 15.5. The minimum atomic E-state index is -0.0548. The molecule has 2 N–H and O–H groups in total. The topological polar surface area (TPSA) is 69.8 Å². The van der Waals surface area contributed by atoms with Crippen LogP contribution in [0.15, 0.2) is 23.0 Å². The number of fused-ring (bicyclic) bond motifs is 1. The summed E-state index contributed by atoms with van der Waals surface area (Å²) in [6.45, 7) is 11.2. The molecule has 0 bridgehead atoms. The van der Waals surface area contributed by atoms with E-state index in [9.17, 15) is 4.79 Å². The molecule has 1 aromatic heterocycles. The number of thiocarbonyl (C=S) groups is 1. The zero-order valence-electron chi connectivity index (χ0n) is 19.1. The maximum Gasteiger partial charge on any atom is 0.253 e. The molecule has 0 spiro atoms. The van der Waals surface area contributed by atoms with E-state index in [1.165, 1.54) is 0 Å². The fourth-order valence-electron chi connectivity index (χ4n) is 4.50. The number of nitrogens with one attached hydrogen (secondary N) is 2. The average molecular weight is 459 g/mol. The number of rotatable bonds is 7. The van der Waals surface area contributed by atoms with Gasteiger partial charge in [-0.3, -0.25) is 9.69 Å². The Morgan fingerprint density at radius 1 is 1.25 bits per heavy atom. The van der Waals surface area contributed by atoms with Gasteiger partial charge in [-0.15, -0.1) is 0 Å². The molecule has 0 unspecified atom stereocenters. The second-order valence-corrected chi connectivity index (χ2v) is 9.25. The molecule has 1 aromatic carbocycles. The number of pyridine rings is 1. The largest absolute Gasteiger partial charge is 0.379 e. The van der Waals surface area contributed by atoms with Crippen LogP contribution >= 0.6 is 12.2 Å². The molecular formula is C24H34N4O3S. The summed E-state index contributed by atoms with van der Waals surface area (Å²) < 4.78 is 11.2. The summed E-state index contributed by atoms with van der Waals surface area (Å²) in [5.41, 5.74) is 3.87. The van der Waals surface area contributed by atoms with Crippen LogP contribution < -0.4 is 10.9 Å². The smallest absolute Gasteiger partial charge is 0.253 e. The van der Waals surface area contributed by atoms with Gasteiger partial charge in [-0.2, -0.15) is 0 Å². The van der Waals surface area contributed by atoms with E-state index in [0.717, 1.165) is 86.4 Å². The Labute approximate surface area is 195 Å². The summed E-state index contributed by atoms with van der Waals surface area (Å²) >= 11 is 5.76. The number of benzene rings is 1. The summed E-state index contributed by atoms with van der Waals surface area (Å²) in [4.78, 5) is 20.5. The third-order valence-electron chi connectivity index (χ3n) is 6.33. The molecule has 3 heterocycles. The van der Waals surface area contributed by atoms with Gasteiger partial charge in [-0.25, -0.2) is 0 Å². The molecule has 2 aliphatic heterocycles. The summed E-state index contributed by atoms with van der Waals surface area (Å²) in [6, 6.07) is 6.19. The maximum absolute atomic E-state index is 12.9. The lowest BCUT2D eigenvalue weighted by Crippen LogP contribution is -2.47. The third-order valence-corrected chi connectivity index (χ3v) is 6.74. The van der Waals surface area contributed by atoms with Gasteiger partial charge in [-0.1, -0.05) is 6.07 Å². The Balaban J connectivity index is 1.50. The molecule has 7 nitrogen and oxygen atoms in total. The van der Waals surface area contributed by atoms with E-state index in [1.54, 1.807) is 0 Å². The predicted octanol–water partition coefficient (Wildman–Crippen LogP) is 2.33. The van der Waals surface area contributed by atoms with Crippen molar-refractivity contribution >= 4 is 28.2 Å². The van der Waals surface area contributed by atoms with E-state index >= 15 is 0 Å². The van der Waals surface area contributed by atoms with Crippen LogP contribution in [0.4, 0.5) is 0 Å². The van der Waals surface area contributed by atoms with Crippen LogP contribution in [0.5, 0.6) is 0 Å². The molecule has 2 fully saturated rings. The van der Waals surface area contributed by atoms with Crippen molar-refractivity contribution in [3.05, 3.63) is 45.2 Å². The number of aryl methyl sites for hydroxylation is 2. The SMILES string of the molecule is Cc1cc(C)c2cc(CN(CCN3CCOCC3)C(=S)NC[C@H]3CCCO3)c(=O)[nH]c2c1. The van der Waals surface area contributed by atoms with E-state index in [2.05, 4.69) is 33.1 Å². The van der Waals surface area contributed by atoms with Crippen molar-refractivity contribution in [2.45, 2.75) is 39.3 Å². The van der Waals surface area contributed by atoms with Crippen LogP contribution in [0, 0.1) is 13.8 Å². The van der Waals surface area contributed by atoms with Crippen LogP contribution in [0.1, 0.15) is 29.5 Å². The van der Waals surface area contributed by atoms with Crippen molar-refractivity contribution in [3.63, 3.8) is 0 Å². The molecule has 2 aliphatic rings. The summed E-state index contributed by atoms with van der Waals surface area (Å²) in [5.74, 6) is 0. The number of aromatic nitrogens is 1. The van der Waals surface area contributed by atoms with E-state index in [-0.39, 0.29) is 11.7 Å². The molecule has 1 atom stereocenters. The quantitative estimate of drug-likeness (QED) is 0.617. The maximum atomic E-state index is 12.9. The number of morpholine rings is 1. The van der Waals surface area contributed by atoms with Crippen molar-refractivity contribution < 1.29 is 9.47 Å². The zero-order chi connectivity index (χ0) is 22.5. The van der Waals surface area contributed by atoms with E-state index in [1.807, 2.05) is 19.1 Å². The first-order valence-corrected chi connectivity index (χ1v) is 12.0. The normalized spacial score (nSPS) is 19.4. The lowest BCUT2D eigenvalue weighted by Gasteiger charge is -2.31. The van der Waals surface area contributed by atoms with Gasteiger partial charge in [0.15, 0.2) is 5.11 Å². The number of H-pyrrole nitrogens is 1. The predicted molar refractivity (Wildman–Crippen MR) is 131 cm³/mol. The van der Waals surface area contributed by atoms with E-state index in [0.29, 0.717) is 18.2 Å². The molecule has 8 heteroatoms. The number of aromatic amines is 1.